The number of hydrogen-bond acceptors (Lipinski definition) is 3. The van der Waals surface area contributed by atoms with Gasteiger partial charge in [0.2, 0.25) is 0 Å². The molecule has 0 aliphatic carbocycles. The lowest BCUT2D eigenvalue weighted by Crippen LogP contribution is -2.36. The third-order valence-electron chi connectivity index (χ3n) is 3.13. The second kappa shape index (κ2) is 8.52. The molecule has 0 bridgehead atoms. The van der Waals surface area contributed by atoms with Gasteiger partial charge in [0.1, 0.15) is 11.6 Å². The minimum Gasteiger partial charge on any atom is -0.497 e. The Balaban J connectivity index is 1.70. The van der Waals surface area contributed by atoms with Gasteiger partial charge in [0.05, 0.1) is 7.11 Å². The predicted octanol–water partition coefficient (Wildman–Crippen LogP) is 2.39. The summed E-state index contributed by atoms with van der Waals surface area (Å²) in [5.74, 6) is -0.00761. The summed E-state index contributed by atoms with van der Waals surface area (Å²) in [6.45, 7) is 0.504. The van der Waals surface area contributed by atoms with Gasteiger partial charge in [0.15, 0.2) is 0 Å². The maximum Gasteiger partial charge on any atom is 0.319 e. The Morgan fingerprint density at radius 2 is 1.75 bits per heavy atom. The highest BCUT2D eigenvalue weighted by atomic mass is 19.1. The Kier molecular flexibility index (Phi) is 6.13. The maximum absolute atomic E-state index is 13.0. The number of ether oxygens (including phenoxy) is 1. The fraction of sp³-hybridized carbons (Fsp3) is 0.176. The molecule has 0 aliphatic heterocycles. The van der Waals surface area contributed by atoms with Crippen LogP contribution in [0.25, 0.3) is 0 Å². The molecule has 126 valence electrons. The van der Waals surface area contributed by atoms with Gasteiger partial charge in [-0.2, -0.15) is 0 Å². The smallest absolute Gasteiger partial charge is 0.319 e. The summed E-state index contributed by atoms with van der Waals surface area (Å²) in [5.41, 5.74) is 0.856. The van der Waals surface area contributed by atoms with Gasteiger partial charge < -0.3 is 20.7 Å². The standard InChI is InChI=1S/C17H18FN3O3/c1-24-15-7-5-12(6-8-15)16(22)19-9-10-20-17(23)21-14-4-2-3-13(18)11-14/h2-8,11H,9-10H2,1H3,(H,19,22)(H2,20,21,23). The van der Waals surface area contributed by atoms with Crippen molar-refractivity contribution in [2.75, 3.05) is 25.5 Å². The van der Waals surface area contributed by atoms with Crippen molar-refractivity contribution < 1.29 is 18.7 Å². The molecule has 0 aliphatic rings. The van der Waals surface area contributed by atoms with E-state index in [9.17, 15) is 14.0 Å². The van der Waals surface area contributed by atoms with E-state index in [1.807, 2.05) is 0 Å². The summed E-state index contributed by atoms with van der Waals surface area (Å²) >= 11 is 0. The van der Waals surface area contributed by atoms with E-state index in [-0.39, 0.29) is 19.0 Å². The molecule has 3 amide bonds. The molecule has 0 fully saturated rings. The highest BCUT2D eigenvalue weighted by molar-refractivity contribution is 5.94. The zero-order valence-electron chi connectivity index (χ0n) is 13.1. The Hall–Kier alpha value is -3.09. The van der Waals surface area contributed by atoms with E-state index in [1.165, 1.54) is 18.2 Å². The quantitative estimate of drug-likeness (QED) is 0.711. The van der Waals surface area contributed by atoms with Crippen molar-refractivity contribution in [2.45, 2.75) is 0 Å². The van der Waals surface area contributed by atoms with Crippen LogP contribution in [0, 0.1) is 5.82 Å². The number of halogens is 1. The molecule has 0 saturated heterocycles. The van der Waals surface area contributed by atoms with E-state index < -0.39 is 11.8 Å². The van der Waals surface area contributed by atoms with E-state index in [4.69, 9.17) is 4.74 Å². The normalized spacial score (nSPS) is 9.92. The Bertz CT molecular complexity index is 704. The first-order chi connectivity index (χ1) is 11.6. The number of urea groups is 1. The van der Waals surface area contributed by atoms with Gasteiger partial charge in [0, 0.05) is 24.3 Å². The molecule has 0 radical (unpaired) electrons. The SMILES string of the molecule is COc1ccc(C(=O)NCCNC(=O)Nc2cccc(F)c2)cc1. The summed E-state index contributed by atoms with van der Waals surface area (Å²) in [6.07, 6.45) is 0. The fourth-order valence-electron chi connectivity index (χ4n) is 1.94. The highest BCUT2D eigenvalue weighted by Crippen LogP contribution is 2.11. The van der Waals surface area contributed by atoms with Crippen molar-refractivity contribution >= 4 is 17.6 Å². The summed E-state index contributed by atoms with van der Waals surface area (Å²) in [7, 11) is 1.55. The van der Waals surface area contributed by atoms with Crippen molar-refractivity contribution in [3.05, 3.63) is 59.9 Å². The number of benzene rings is 2. The van der Waals surface area contributed by atoms with Crippen molar-refractivity contribution in [3.63, 3.8) is 0 Å². The molecule has 0 saturated carbocycles. The van der Waals surface area contributed by atoms with Crippen LogP contribution in [0.2, 0.25) is 0 Å². The third-order valence-corrected chi connectivity index (χ3v) is 3.13. The summed E-state index contributed by atoms with van der Waals surface area (Å²) in [5, 5.41) is 7.75. The molecule has 2 aromatic carbocycles. The van der Waals surface area contributed by atoms with Crippen LogP contribution < -0.4 is 20.7 Å². The molecule has 24 heavy (non-hydrogen) atoms. The topological polar surface area (TPSA) is 79.5 Å². The zero-order valence-corrected chi connectivity index (χ0v) is 13.1. The van der Waals surface area contributed by atoms with Crippen molar-refractivity contribution in [3.8, 4) is 5.75 Å². The molecule has 6 nitrogen and oxygen atoms in total. The zero-order chi connectivity index (χ0) is 17.4. The van der Waals surface area contributed by atoms with Crippen LogP contribution >= 0.6 is 0 Å². The van der Waals surface area contributed by atoms with Crippen LogP contribution in [-0.2, 0) is 0 Å². The number of methoxy groups -OCH3 is 1. The molecule has 0 atom stereocenters. The van der Waals surface area contributed by atoms with Gasteiger partial charge in [-0.15, -0.1) is 0 Å². The second-order valence-corrected chi connectivity index (χ2v) is 4.88. The van der Waals surface area contributed by atoms with Gasteiger partial charge in [0.25, 0.3) is 5.91 Å². The summed E-state index contributed by atoms with van der Waals surface area (Å²) in [6, 6.07) is 11.8. The van der Waals surface area contributed by atoms with Crippen molar-refractivity contribution in [1.82, 2.24) is 10.6 Å². The van der Waals surface area contributed by atoms with E-state index in [0.29, 0.717) is 17.0 Å². The van der Waals surface area contributed by atoms with E-state index >= 15 is 0 Å². The van der Waals surface area contributed by atoms with Gasteiger partial charge in [-0.1, -0.05) is 6.07 Å². The monoisotopic (exact) mass is 331 g/mol. The minimum absolute atomic E-state index is 0.239. The van der Waals surface area contributed by atoms with E-state index in [1.54, 1.807) is 37.4 Å². The molecule has 0 unspecified atom stereocenters. The number of rotatable bonds is 6. The first kappa shape index (κ1) is 17.3. The Morgan fingerprint density at radius 3 is 2.42 bits per heavy atom. The molecule has 2 aromatic rings. The summed E-state index contributed by atoms with van der Waals surface area (Å²) in [4.78, 5) is 23.5. The molecule has 0 heterocycles. The minimum atomic E-state index is -0.473. The van der Waals surface area contributed by atoms with Crippen LogP contribution in [0.3, 0.4) is 0 Å². The predicted molar refractivity (Wildman–Crippen MR) is 88.7 cm³/mol. The Morgan fingerprint density at radius 1 is 1.04 bits per heavy atom. The molecule has 0 spiro atoms. The molecule has 7 heteroatoms. The average Bonchev–Trinajstić information content (AvgIpc) is 2.58. The molecule has 3 N–H and O–H groups in total. The fourth-order valence-corrected chi connectivity index (χ4v) is 1.94. The lowest BCUT2D eigenvalue weighted by Gasteiger charge is -2.09. The lowest BCUT2D eigenvalue weighted by molar-refractivity contribution is 0.0954. The second-order valence-electron chi connectivity index (χ2n) is 4.88. The van der Waals surface area contributed by atoms with Crippen LogP contribution in [0.15, 0.2) is 48.5 Å². The van der Waals surface area contributed by atoms with Gasteiger partial charge >= 0.3 is 6.03 Å². The number of carbonyl (C=O) groups excluding carboxylic acids is 2. The number of carbonyl (C=O) groups is 2. The maximum atomic E-state index is 13.0. The van der Waals surface area contributed by atoms with Crippen LogP contribution in [0.4, 0.5) is 14.9 Å². The van der Waals surface area contributed by atoms with Crippen molar-refractivity contribution in [1.29, 1.82) is 0 Å². The molecular weight excluding hydrogens is 313 g/mol. The largest absolute Gasteiger partial charge is 0.497 e. The average molecular weight is 331 g/mol. The third kappa shape index (κ3) is 5.28. The highest BCUT2D eigenvalue weighted by Gasteiger charge is 2.06. The van der Waals surface area contributed by atoms with E-state index in [2.05, 4.69) is 16.0 Å². The van der Waals surface area contributed by atoms with Crippen molar-refractivity contribution in [2.24, 2.45) is 0 Å². The van der Waals surface area contributed by atoms with Crippen LogP contribution in [-0.4, -0.2) is 32.1 Å². The first-order valence-electron chi connectivity index (χ1n) is 7.31. The van der Waals surface area contributed by atoms with Crippen LogP contribution in [0.1, 0.15) is 10.4 Å². The number of anilines is 1. The van der Waals surface area contributed by atoms with E-state index in [0.717, 1.165) is 0 Å². The molecular formula is C17H18FN3O3. The lowest BCUT2D eigenvalue weighted by atomic mass is 10.2. The number of amides is 3. The molecule has 0 aromatic heterocycles. The van der Waals surface area contributed by atoms with Gasteiger partial charge in [-0.3, -0.25) is 4.79 Å². The first-order valence-corrected chi connectivity index (χ1v) is 7.31. The van der Waals surface area contributed by atoms with Crippen LogP contribution in [0.5, 0.6) is 5.75 Å². The Labute approximate surface area is 139 Å². The van der Waals surface area contributed by atoms with Gasteiger partial charge in [-0.25, -0.2) is 9.18 Å². The van der Waals surface area contributed by atoms with Gasteiger partial charge in [-0.05, 0) is 42.5 Å². The molecule has 2 rings (SSSR count). The number of nitrogens with one attached hydrogen (secondary N) is 3. The summed E-state index contributed by atoms with van der Waals surface area (Å²) < 4.78 is 18.0. The number of hydrogen-bond donors (Lipinski definition) is 3.